The van der Waals surface area contributed by atoms with E-state index in [4.69, 9.17) is 25.3 Å². The molecule has 3 aromatic heterocycles. The van der Waals surface area contributed by atoms with Crippen LogP contribution in [-0.2, 0) is 76.1 Å². The second-order valence-corrected chi connectivity index (χ2v) is 34.1. The van der Waals surface area contributed by atoms with Gasteiger partial charge in [0, 0.05) is 112 Å². The maximum atomic E-state index is 14.6. The number of nitrogens with one attached hydrogen (secondary N) is 4. The lowest BCUT2D eigenvalue weighted by Crippen LogP contribution is -2.64. The Morgan fingerprint density at radius 2 is 1.55 bits per heavy atom. The highest BCUT2D eigenvalue weighted by atomic mass is 32.2. The lowest BCUT2D eigenvalue weighted by Gasteiger charge is -2.69. The van der Waals surface area contributed by atoms with Gasteiger partial charge in [-0.15, -0.1) is 0 Å². The van der Waals surface area contributed by atoms with Crippen LogP contribution in [0, 0.1) is 35.0 Å². The number of pyridine rings is 1. The third-order valence-corrected chi connectivity index (χ3v) is 23.5. The Morgan fingerprint density at radius 3 is 2.25 bits per heavy atom. The van der Waals surface area contributed by atoms with Gasteiger partial charge >= 0.3 is 18.1 Å². The molecule has 108 heavy (non-hydrogen) atoms. The second-order valence-electron chi connectivity index (χ2n) is 31.5. The van der Waals surface area contributed by atoms with E-state index in [1.165, 1.54) is 28.4 Å². The number of para-hydroxylation sites is 1. The van der Waals surface area contributed by atoms with E-state index in [9.17, 15) is 61.2 Å². The van der Waals surface area contributed by atoms with Gasteiger partial charge in [0.1, 0.15) is 12.4 Å². The fraction of sp³-hybridized carbons (Fsp3) is 0.519. The summed E-state index contributed by atoms with van der Waals surface area (Å²) in [6, 6.07) is 20.4. The van der Waals surface area contributed by atoms with Crippen LogP contribution < -0.4 is 31.9 Å². The molecule has 4 bridgehead atoms. The van der Waals surface area contributed by atoms with E-state index in [2.05, 4.69) is 46.2 Å². The number of urea groups is 1. The molecule has 27 nitrogen and oxygen atoms in total. The van der Waals surface area contributed by atoms with Crippen LogP contribution in [0.15, 0.2) is 91.1 Å². The highest BCUT2D eigenvalue weighted by Gasteiger charge is 2.66. The smallest absolute Gasteiger partial charge is 0.409 e. The normalized spacial score (nSPS) is 20.6. The Kier molecular flexibility index (Phi) is 25.1. The summed E-state index contributed by atoms with van der Waals surface area (Å²) in [7, 11) is -2.36. The number of nitrogens with two attached hydrogens (primary N) is 1. The van der Waals surface area contributed by atoms with E-state index >= 15 is 0 Å². The van der Waals surface area contributed by atoms with Gasteiger partial charge in [-0.1, -0.05) is 82.2 Å². The topological polar surface area (TPSA) is 374 Å². The molecule has 6 aliphatic rings. The third-order valence-electron chi connectivity index (χ3n) is 21.8. The molecule has 5 heterocycles. The van der Waals surface area contributed by atoms with E-state index in [-0.39, 0.29) is 114 Å². The van der Waals surface area contributed by atoms with Crippen molar-refractivity contribution in [3.05, 3.63) is 130 Å². The van der Waals surface area contributed by atoms with E-state index in [0.717, 1.165) is 76.0 Å². The van der Waals surface area contributed by atoms with Crippen molar-refractivity contribution in [1.82, 2.24) is 40.2 Å². The molecule has 12 rings (SSSR count). The fourth-order valence-electron chi connectivity index (χ4n) is 17.9. The first-order chi connectivity index (χ1) is 51.4. The Labute approximate surface area is 633 Å². The van der Waals surface area contributed by atoms with E-state index in [1.54, 1.807) is 57.4 Å². The zero-order valence-electron chi connectivity index (χ0n) is 62.4. The summed E-state index contributed by atoms with van der Waals surface area (Å²) in [5, 5.41) is 27.6. The number of carboxylic acids is 1. The monoisotopic (exact) mass is 1520 g/mol. The highest BCUT2D eigenvalue weighted by Crippen LogP contribution is 2.72. The molecule has 0 saturated heterocycles. The van der Waals surface area contributed by atoms with Gasteiger partial charge in [0.25, 0.3) is 27.8 Å². The number of Topliss-reactive ketones (excluding diaryl/α,β-unsaturated/α-hetero) is 1. The number of ether oxygens (including phenoxy) is 2. The van der Waals surface area contributed by atoms with Gasteiger partial charge in [-0.3, -0.25) is 48.2 Å². The van der Waals surface area contributed by atoms with Crippen molar-refractivity contribution in [2.24, 2.45) is 33.8 Å². The first kappa shape index (κ1) is 79.6. The number of imide groups is 1. The van der Waals surface area contributed by atoms with Gasteiger partial charge in [0.15, 0.2) is 16.6 Å². The summed E-state index contributed by atoms with van der Waals surface area (Å²) in [6.45, 7) is 12.9. The summed E-state index contributed by atoms with van der Waals surface area (Å²) in [5.41, 5.74) is 11.7. The first-order valence-electron chi connectivity index (χ1n) is 37.5. The molecule has 4 atom stereocenters. The van der Waals surface area contributed by atoms with Crippen LogP contribution >= 0.6 is 11.3 Å². The molecule has 4 fully saturated rings. The fourth-order valence-corrected chi connectivity index (χ4v) is 19.3. The molecule has 2 unspecified atom stereocenters. The van der Waals surface area contributed by atoms with Crippen LogP contribution in [0.5, 0.6) is 0 Å². The van der Waals surface area contributed by atoms with Crippen molar-refractivity contribution in [3.63, 3.8) is 0 Å². The molecule has 4 aliphatic carbocycles. The molecular weight excluding hydrogens is 1420 g/mol. The standard InChI is InChI=1S/C79H100N12O15S2/c1-50(2)68(86-65(93)21-9-7-12-33-90-66(94)28-29-67(90)95)62(92)39-55(18-15-31-81-73(80)100)70(96)83-56-24-22-52(23-25-56)42-105-75(101)88(6)32-16-17-53-37-54-30-34-89(41-60(54)58(38-53)71(97)87-74-84-61-19-10-11-20-63(61)107-74)64-27-26-57(69(85-64)72(98)99)59-40-82-91(51(59)3)49-78-44-76(4)43-77(5,45-78)47-79(46-76,48-78)106-35-13-8-14-36-108(102,103)104/h10-11,19-20,22-29,37-38,40,50,55,68H,7-9,12-18,21,30-36,39,41-49H2,1-6H3,(H,83,96)(H,86,93)(H,98,99)(H3,80,81,100)(H,84,87,97)(H,102,103,104)/t55-,68+,76?,77?,78?,79?/m1/s1. The van der Waals surface area contributed by atoms with Crippen LogP contribution in [0.25, 0.3) is 21.3 Å². The number of primary amides is 1. The zero-order valence-corrected chi connectivity index (χ0v) is 64.1. The summed E-state index contributed by atoms with van der Waals surface area (Å²) >= 11 is 1.37. The highest BCUT2D eigenvalue weighted by molar-refractivity contribution is 7.85. The average Bonchev–Trinajstić information content (AvgIpc) is 1.07. The number of carboxylic acid groups (broad SMARTS) is 1. The number of benzene rings is 3. The molecule has 29 heteroatoms. The Hall–Kier alpha value is -9.45. The molecule has 0 spiro atoms. The van der Waals surface area contributed by atoms with Crippen molar-refractivity contribution in [3.8, 4) is 11.1 Å². The Balaban J connectivity index is 0.700. The minimum Gasteiger partial charge on any atom is -0.476 e. The number of carbonyl (C=O) groups excluding carboxylic acids is 8. The number of carbonyl (C=O) groups is 9. The maximum absolute atomic E-state index is 14.6. The number of ketones is 1. The van der Waals surface area contributed by atoms with Crippen molar-refractivity contribution >= 4 is 102 Å². The molecular formula is C79H100N12O15S2. The molecule has 6 aromatic rings. The van der Waals surface area contributed by atoms with Crippen LogP contribution in [0.1, 0.15) is 186 Å². The van der Waals surface area contributed by atoms with Crippen molar-refractivity contribution in [1.29, 1.82) is 0 Å². The first-order valence-corrected chi connectivity index (χ1v) is 39.9. The van der Waals surface area contributed by atoms with Gasteiger partial charge < -0.3 is 46.1 Å². The number of aromatic nitrogens is 4. The number of aryl methyl sites for hydroxylation is 1. The van der Waals surface area contributed by atoms with Crippen molar-refractivity contribution in [2.45, 2.75) is 188 Å². The van der Waals surface area contributed by atoms with Crippen LogP contribution in [-0.4, -0.2) is 158 Å². The number of rotatable bonds is 37. The van der Waals surface area contributed by atoms with Gasteiger partial charge in [0.2, 0.25) is 11.8 Å². The number of unbranched alkanes of at least 4 members (excludes halogenated alkanes) is 4. The molecule has 3 aromatic carbocycles. The third kappa shape index (κ3) is 20.1. The van der Waals surface area contributed by atoms with Gasteiger partial charge in [-0.05, 0) is 190 Å². The maximum Gasteiger partial charge on any atom is 0.409 e. The number of amides is 8. The van der Waals surface area contributed by atoms with E-state index in [1.807, 2.05) is 52.9 Å². The van der Waals surface area contributed by atoms with E-state index in [0.29, 0.717) is 129 Å². The molecule has 2 aliphatic heterocycles. The Bertz CT molecular complexity index is 4470. The molecule has 8 amide bonds. The predicted molar refractivity (Wildman–Crippen MR) is 408 cm³/mol. The van der Waals surface area contributed by atoms with Crippen molar-refractivity contribution in [2.75, 3.05) is 61.1 Å². The lowest BCUT2D eigenvalue weighted by molar-refractivity contribution is -0.248. The number of hydrogen-bond acceptors (Lipinski definition) is 18. The SMILES string of the molecule is Cc1c(-c2ccc(N3CCc4cc(CCCN(C)C(=O)OCc5ccc(NC(=O)[C@H](CCCNC(N)=O)CC(=O)[C@@H](NC(=O)CCCCCN6C(=O)C=CC6=O)C(C)C)cc5)cc(C(=O)Nc5nc6ccccc6s5)c4C3)nc2C(=O)O)cnn1CC12CC3(C)CC(C)(C1)CC(OCCCCCS(=O)(=O)O)(C3)C2. The summed E-state index contributed by atoms with van der Waals surface area (Å²) in [6.07, 6.45) is 14.9. The minimum absolute atomic E-state index is 0.0663. The van der Waals surface area contributed by atoms with Crippen LogP contribution in [0.2, 0.25) is 0 Å². The second kappa shape index (κ2) is 34.0. The molecule has 578 valence electrons. The van der Waals surface area contributed by atoms with Gasteiger partial charge in [-0.2, -0.15) is 13.5 Å². The average molecular weight is 1520 g/mol. The van der Waals surface area contributed by atoms with Gasteiger partial charge in [-0.25, -0.2) is 24.4 Å². The van der Waals surface area contributed by atoms with Crippen LogP contribution in [0.4, 0.5) is 26.2 Å². The predicted octanol–water partition coefficient (Wildman–Crippen LogP) is 11.4. The van der Waals surface area contributed by atoms with Crippen molar-refractivity contribution < 1.29 is 70.7 Å². The number of fused-ring (bicyclic) bond motifs is 2. The number of aromatic carboxylic acids is 1. The number of anilines is 3. The Morgan fingerprint density at radius 1 is 0.815 bits per heavy atom. The van der Waals surface area contributed by atoms with Crippen LogP contribution in [0.3, 0.4) is 0 Å². The van der Waals surface area contributed by atoms with Gasteiger partial charge in [0.05, 0.1) is 33.8 Å². The number of thiazole rings is 1. The summed E-state index contributed by atoms with van der Waals surface area (Å²) in [5.74, 6) is -4.32. The largest absolute Gasteiger partial charge is 0.476 e. The summed E-state index contributed by atoms with van der Waals surface area (Å²) in [4.78, 5) is 132. The quantitative estimate of drug-likeness (QED) is 0.0108. The molecule has 8 N–H and O–H groups in total. The number of nitrogens with zero attached hydrogens (tertiary/aromatic N) is 7. The lowest BCUT2D eigenvalue weighted by atomic mass is 9.39. The minimum atomic E-state index is -4.01. The number of hydrogen-bond donors (Lipinski definition) is 7. The van der Waals surface area contributed by atoms with E-state index < -0.39 is 46.1 Å². The molecule has 4 saturated carbocycles. The molecule has 0 radical (unpaired) electrons. The zero-order chi connectivity index (χ0) is 77.3. The summed E-state index contributed by atoms with van der Waals surface area (Å²) < 4.78 is 47.4.